The van der Waals surface area contributed by atoms with Crippen LogP contribution in [0.5, 0.6) is 0 Å². The Morgan fingerprint density at radius 1 is 1.09 bits per heavy atom. The van der Waals surface area contributed by atoms with Crippen molar-refractivity contribution in [1.29, 1.82) is 0 Å². The minimum atomic E-state index is 0.527. The number of anilines is 1. The summed E-state index contributed by atoms with van der Waals surface area (Å²) in [7, 11) is 3.96. The summed E-state index contributed by atoms with van der Waals surface area (Å²) in [5, 5.41) is 6.52. The molecule has 2 heterocycles. The van der Waals surface area contributed by atoms with Crippen molar-refractivity contribution in [1.82, 2.24) is 20.6 Å². The number of guanidine groups is 1. The molecule has 0 atom stereocenters. The predicted molar refractivity (Wildman–Crippen MR) is 94.5 cm³/mol. The van der Waals surface area contributed by atoms with Crippen molar-refractivity contribution in [2.75, 3.05) is 25.5 Å². The van der Waals surface area contributed by atoms with Gasteiger partial charge in [-0.3, -0.25) is 4.98 Å². The molecule has 2 aromatic rings. The molecule has 0 aliphatic carbocycles. The third-order valence-corrected chi connectivity index (χ3v) is 3.16. The number of aromatic nitrogens is 2. The summed E-state index contributed by atoms with van der Waals surface area (Å²) in [5.74, 6) is 1.69. The second-order valence-electron chi connectivity index (χ2n) is 5.25. The summed E-state index contributed by atoms with van der Waals surface area (Å²) in [6, 6.07) is 11.8. The Kier molecular flexibility index (Phi) is 6.35. The molecule has 0 fully saturated rings. The van der Waals surface area contributed by atoms with E-state index in [1.807, 2.05) is 62.3 Å². The molecule has 0 saturated carbocycles. The van der Waals surface area contributed by atoms with Crippen LogP contribution in [0.15, 0.2) is 47.6 Å². The molecule has 0 amide bonds. The van der Waals surface area contributed by atoms with E-state index in [0.29, 0.717) is 13.1 Å². The maximum absolute atomic E-state index is 4.58. The van der Waals surface area contributed by atoms with Crippen LogP contribution in [0.25, 0.3) is 0 Å². The Hall–Kier alpha value is -2.63. The van der Waals surface area contributed by atoms with E-state index in [1.54, 1.807) is 6.20 Å². The zero-order chi connectivity index (χ0) is 16.5. The molecule has 0 unspecified atom stereocenters. The molecule has 0 bridgehead atoms. The fourth-order valence-corrected chi connectivity index (χ4v) is 1.98. The van der Waals surface area contributed by atoms with Gasteiger partial charge in [-0.05, 0) is 31.2 Å². The van der Waals surface area contributed by atoms with Crippen LogP contribution in [0, 0.1) is 0 Å². The molecule has 2 N–H and O–H groups in total. The van der Waals surface area contributed by atoms with E-state index < -0.39 is 0 Å². The van der Waals surface area contributed by atoms with Crippen molar-refractivity contribution in [3.63, 3.8) is 0 Å². The third-order valence-electron chi connectivity index (χ3n) is 3.16. The van der Waals surface area contributed by atoms with Crippen molar-refractivity contribution in [3.05, 3.63) is 54.0 Å². The van der Waals surface area contributed by atoms with E-state index in [9.17, 15) is 0 Å². The number of pyridine rings is 2. The Labute approximate surface area is 137 Å². The van der Waals surface area contributed by atoms with Gasteiger partial charge in [-0.2, -0.15) is 0 Å². The van der Waals surface area contributed by atoms with Gasteiger partial charge in [0.2, 0.25) is 0 Å². The number of rotatable bonds is 6. The van der Waals surface area contributed by atoms with E-state index in [0.717, 1.165) is 29.7 Å². The van der Waals surface area contributed by atoms with Gasteiger partial charge in [0.15, 0.2) is 5.96 Å². The molecular weight excluding hydrogens is 288 g/mol. The first-order chi connectivity index (χ1) is 11.2. The molecule has 0 radical (unpaired) electrons. The van der Waals surface area contributed by atoms with Gasteiger partial charge in [-0.1, -0.05) is 12.1 Å². The Bertz CT molecular complexity index is 624. The maximum atomic E-state index is 4.58. The van der Waals surface area contributed by atoms with E-state index in [4.69, 9.17) is 0 Å². The summed E-state index contributed by atoms with van der Waals surface area (Å²) in [5.41, 5.74) is 1.91. The summed E-state index contributed by atoms with van der Waals surface area (Å²) >= 11 is 0. The fraction of sp³-hybridized carbons (Fsp3) is 0.353. The first kappa shape index (κ1) is 16.7. The molecule has 0 aliphatic heterocycles. The van der Waals surface area contributed by atoms with Crippen molar-refractivity contribution in [2.45, 2.75) is 20.0 Å². The molecule has 6 heteroatoms. The molecule has 6 nitrogen and oxygen atoms in total. The van der Waals surface area contributed by atoms with Crippen LogP contribution in [-0.4, -0.2) is 36.6 Å². The molecule has 0 spiro atoms. The van der Waals surface area contributed by atoms with Crippen LogP contribution in [0.4, 0.5) is 5.82 Å². The van der Waals surface area contributed by atoms with E-state index >= 15 is 0 Å². The molecule has 2 rings (SSSR count). The van der Waals surface area contributed by atoms with Gasteiger partial charge < -0.3 is 15.5 Å². The third kappa shape index (κ3) is 5.58. The number of nitrogens with one attached hydrogen (secondary N) is 2. The number of hydrogen-bond donors (Lipinski definition) is 2. The van der Waals surface area contributed by atoms with E-state index in [-0.39, 0.29) is 0 Å². The van der Waals surface area contributed by atoms with Crippen LogP contribution in [0.3, 0.4) is 0 Å². The van der Waals surface area contributed by atoms with Gasteiger partial charge in [0.1, 0.15) is 5.82 Å². The molecule has 0 aromatic carbocycles. The molecule has 0 aliphatic rings. The highest BCUT2D eigenvalue weighted by molar-refractivity contribution is 5.79. The molecule has 23 heavy (non-hydrogen) atoms. The normalized spacial score (nSPS) is 11.2. The van der Waals surface area contributed by atoms with Crippen molar-refractivity contribution in [2.24, 2.45) is 4.99 Å². The van der Waals surface area contributed by atoms with Crippen LogP contribution in [0.2, 0.25) is 0 Å². The Balaban J connectivity index is 1.99. The topological polar surface area (TPSA) is 65.4 Å². The molecule has 122 valence electrons. The average Bonchev–Trinajstić information content (AvgIpc) is 2.58. The lowest BCUT2D eigenvalue weighted by molar-refractivity contribution is 0.796. The first-order valence-electron chi connectivity index (χ1n) is 7.74. The smallest absolute Gasteiger partial charge is 0.191 e. The van der Waals surface area contributed by atoms with Crippen molar-refractivity contribution in [3.8, 4) is 0 Å². The van der Waals surface area contributed by atoms with Gasteiger partial charge >= 0.3 is 0 Å². The summed E-state index contributed by atoms with van der Waals surface area (Å²) in [6.45, 7) is 4.01. The SMILES string of the molecule is CCNC(=NCc1cccc(N(C)C)n1)NCc1ccccn1. The quantitative estimate of drug-likeness (QED) is 0.629. The first-order valence-corrected chi connectivity index (χ1v) is 7.74. The van der Waals surface area contributed by atoms with Gasteiger partial charge in [-0.25, -0.2) is 9.98 Å². The summed E-state index contributed by atoms with van der Waals surface area (Å²) < 4.78 is 0. The van der Waals surface area contributed by atoms with Crippen LogP contribution in [0.1, 0.15) is 18.3 Å². The molecule has 2 aromatic heterocycles. The summed E-state index contributed by atoms with van der Waals surface area (Å²) in [6.07, 6.45) is 1.79. The second-order valence-corrected chi connectivity index (χ2v) is 5.25. The minimum Gasteiger partial charge on any atom is -0.363 e. The zero-order valence-corrected chi connectivity index (χ0v) is 14.0. The minimum absolute atomic E-state index is 0.527. The zero-order valence-electron chi connectivity index (χ0n) is 14.0. The lowest BCUT2D eigenvalue weighted by atomic mass is 10.3. The monoisotopic (exact) mass is 312 g/mol. The van der Waals surface area contributed by atoms with Gasteiger partial charge in [0, 0.05) is 26.8 Å². The maximum Gasteiger partial charge on any atom is 0.191 e. The van der Waals surface area contributed by atoms with Gasteiger partial charge in [0.05, 0.1) is 24.5 Å². The van der Waals surface area contributed by atoms with Crippen LogP contribution < -0.4 is 15.5 Å². The summed E-state index contributed by atoms with van der Waals surface area (Å²) in [4.78, 5) is 15.4. The fourth-order valence-electron chi connectivity index (χ4n) is 1.98. The van der Waals surface area contributed by atoms with Crippen LogP contribution in [-0.2, 0) is 13.1 Å². The highest BCUT2D eigenvalue weighted by atomic mass is 15.2. The highest BCUT2D eigenvalue weighted by Crippen LogP contribution is 2.08. The Morgan fingerprint density at radius 2 is 1.91 bits per heavy atom. The number of hydrogen-bond acceptors (Lipinski definition) is 4. The lowest BCUT2D eigenvalue weighted by Gasteiger charge is -2.13. The molecule has 0 saturated heterocycles. The van der Waals surface area contributed by atoms with E-state index in [2.05, 4.69) is 25.6 Å². The van der Waals surface area contributed by atoms with Crippen molar-refractivity contribution >= 4 is 11.8 Å². The van der Waals surface area contributed by atoms with Crippen molar-refractivity contribution < 1.29 is 0 Å². The Morgan fingerprint density at radius 3 is 2.61 bits per heavy atom. The average molecular weight is 312 g/mol. The second kappa shape index (κ2) is 8.73. The number of nitrogens with zero attached hydrogens (tertiary/aromatic N) is 4. The largest absolute Gasteiger partial charge is 0.363 e. The van der Waals surface area contributed by atoms with E-state index in [1.165, 1.54) is 0 Å². The lowest BCUT2D eigenvalue weighted by Crippen LogP contribution is -2.37. The number of aliphatic imine (C=N–C) groups is 1. The highest BCUT2D eigenvalue weighted by Gasteiger charge is 2.01. The van der Waals surface area contributed by atoms with Gasteiger partial charge in [0.25, 0.3) is 0 Å². The van der Waals surface area contributed by atoms with Crippen LogP contribution >= 0.6 is 0 Å². The van der Waals surface area contributed by atoms with Gasteiger partial charge in [-0.15, -0.1) is 0 Å². The molecular formula is C17H24N6. The standard InChI is InChI=1S/C17H24N6/c1-4-18-17(20-12-14-8-5-6-11-19-14)21-13-15-9-7-10-16(22-15)23(2)3/h5-11H,4,12-13H2,1-3H3,(H2,18,20,21). The predicted octanol–water partition coefficient (Wildman–Crippen LogP) is 1.80.